The largest absolute Gasteiger partial charge is 0.497 e. The highest BCUT2D eigenvalue weighted by atomic mass is 35.5. The number of likely N-dealkylation sites (N-methyl/N-ethyl adjacent to an activating group) is 1. The highest BCUT2D eigenvalue weighted by Crippen LogP contribution is 2.40. The van der Waals surface area contributed by atoms with Gasteiger partial charge in [-0.15, -0.1) is 12.4 Å². The second-order valence-corrected chi connectivity index (χ2v) is 6.25. The molecule has 21 heavy (non-hydrogen) atoms. The van der Waals surface area contributed by atoms with E-state index in [4.69, 9.17) is 4.74 Å². The highest BCUT2D eigenvalue weighted by molar-refractivity contribution is 5.85. The molecule has 1 aromatic rings. The fourth-order valence-corrected chi connectivity index (χ4v) is 3.30. The van der Waals surface area contributed by atoms with Gasteiger partial charge in [0.1, 0.15) is 5.75 Å². The molecule has 0 heterocycles. The van der Waals surface area contributed by atoms with Crippen LogP contribution >= 0.6 is 12.4 Å². The first-order valence-electron chi connectivity index (χ1n) is 7.56. The van der Waals surface area contributed by atoms with E-state index in [9.17, 15) is 5.11 Å². The molecule has 0 aliphatic heterocycles. The molecule has 1 aliphatic rings. The van der Waals surface area contributed by atoms with Crippen LogP contribution in [0.1, 0.15) is 43.6 Å². The summed E-state index contributed by atoms with van der Waals surface area (Å²) in [5.41, 5.74) is 0.654. The quantitative estimate of drug-likeness (QED) is 0.903. The Hall–Kier alpha value is -0.770. The van der Waals surface area contributed by atoms with E-state index < -0.39 is 5.60 Å². The van der Waals surface area contributed by atoms with Gasteiger partial charge in [-0.05, 0) is 44.6 Å². The first kappa shape index (κ1) is 18.3. The molecule has 0 radical (unpaired) electrons. The van der Waals surface area contributed by atoms with Crippen LogP contribution in [0.25, 0.3) is 0 Å². The van der Waals surface area contributed by atoms with Crippen LogP contribution in [0.2, 0.25) is 0 Å². The maximum atomic E-state index is 11.1. The Balaban J connectivity index is 0.00000220. The van der Waals surface area contributed by atoms with Gasteiger partial charge in [0.2, 0.25) is 0 Å². The molecule has 1 saturated carbocycles. The van der Waals surface area contributed by atoms with Crippen LogP contribution in [0.15, 0.2) is 24.3 Å². The molecule has 0 aromatic heterocycles. The summed E-state index contributed by atoms with van der Waals surface area (Å²) in [6.45, 7) is 0.878. The Morgan fingerprint density at radius 2 is 1.71 bits per heavy atom. The molecule has 3 nitrogen and oxygen atoms in total. The maximum Gasteiger partial charge on any atom is 0.118 e. The average Bonchev–Trinajstić information content (AvgIpc) is 2.45. The summed E-state index contributed by atoms with van der Waals surface area (Å²) < 4.78 is 5.23. The van der Waals surface area contributed by atoms with Gasteiger partial charge in [-0.3, -0.25) is 0 Å². The van der Waals surface area contributed by atoms with E-state index in [0.717, 1.165) is 38.0 Å². The van der Waals surface area contributed by atoms with Crippen LogP contribution in [0, 0.1) is 0 Å². The molecule has 0 bridgehead atoms. The number of aliphatic hydroxyl groups is 1. The Morgan fingerprint density at radius 1 is 1.14 bits per heavy atom. The van der Waals surface area contributed by atoms with E-state index >= 15 is 0 Å². The van der Waals surface area contributed by atoms with Gasteiger partial charge in [0.05, 0.1) is 12.7 Å². The summed E-state index contributed by atoms with van der Waals surface area (Å²) in [6, 6.07) is 8.17. The Morgan fingerprint density at radius 3 is 2.19 bits per heavy atom. The molecule has 1 aromatic carbocycles. The van der Waals surface area contributed by atoms with Crippen molar-refractivity contribution in [1.82, 2.24) is 4.90 Å². The normalized spacial score (nSPS) is 18.9. The summed E-state index contributed by atoms with van der Waals surface area (Å²) in [4.78, 5) is 2.17. The summed E-state index contributed by atoms with van der Waals surface area (Å²) in [6.07, 6.45) is 5.35. The SMILES string of the molecule is COc1ccc([C@H](CN(C)C)C2(O)CCCCC2)cc1.Cl. The fourth-order valence-electron chi connectivity index (χ4n) is 3.30. The first-order valence-corrected chi connectivity index (χ1v) is 7.56. The van der Waals surface area contributed by atoms with Gasteiger partial charge < -0.3 is 14.7 Å². The van der Waals surface area contributed by atoms with Crippen molar-refractivity contribution in [3.63, 3.8) is 0 Å². The van der Waals surface area contributed by atoms with E-state index in [1.807, 2.05) is 12.1 Å². The lowest BCUT2D eigenvalue weighted by molar-refractivity contribution is -0.0277. The molecule has 0 unspecified atom stereocenters. The van der Waals surface area contributed by atoms with Gasteiger partial charge >= 0.3 is 0 Å². The molecule has 0 amide bonds. The predicted octanol–water partition coefficient (Wildman–Crippen LogP) is 3.46. The summed E-state index contributed by atoms with van der Waals surface area (Å²) in [5, 5.41) is 11.1. The van der Waals surface area contributed by atoms with Crippen molar-refractivity contribution in [3.05, 3.63) is 29.8 Å². The number of methoxy groups -OCH3 is 1. The van der Waals surface area contributed by atoms with E-state index in [-0.39, 0.29) is 18.3 Å². The molecule has 2 rings (SSSR count). The van der Waals surface area contributed by atoms with E-state index in [2.05, 4.69) is 31.1 Å². The average molecular weight is 314 g/mol. The Bertz CT molecular complexity index is 413. The monoisotopic (exact) mass is 313 g/mol. The smallest absolute Gasteiger partial charge is 0.118 e. The molecule has 1 aliphatic carbocycles. The zero-order valence-electron chi connectivity index (χ0n) is 13.3. The standard InChI is InChI=1S/C17H27NO2.ClH/c1-18(2)13-16(17(19)11-5-4-6-12-17)14-7-9-15(20-3)10-8-14;/h7-10,16,19H,4-6,11-13H2,1-3H3;1H/t16-;/m0./s1. The van der Waals surface area contributed by atoms with Crippen molar-refractivity contribution in [2.75, 3.05) is 27.7 Å². The van der Waals surface area contributed by atoms with Gasteiger partial charge in [-0.2, -0.15) is 0 Å². The summed E-state index contributed by atoms with van der Waals surface area (Å²) in [7, 11) is 5.83. The third kappa shape index (κ3) is 4.60. The number of rotatable bonds is 5. The summed E-state index contributed by atoms with van der Waals surface area (Å²) >= 11 is 0. The van der Waals surface area contributed by atoms with Crippen molar-refractivity contribution < 1.29 is 9.84 Å². The van der Waals surface area contributed by atoms with Gasteiger partial charge in [-0.1, -0.05) is 31.4 Å². The number of nitrogens with zero attached hydrogens (tertiary/aromatic N) is 1. The lowest BCUT2D eigenvalue weighted by Crippen LogP contribution is -2.42. The van der Waals surface area contributed by atoms with Gasteiger partial charge in [0, 0.05) is 12.5 Å². The molecular formula is C17H28ClNO2. The molecule has 120 valence electrons. The molecule has 1 N–H and O–H groups in total. The Labute approximate surface area is 134 Å². The number of hydrogen-bond donors (Lipinski definition) is 1. The number of benzene rings is 1. The van der Waals surface area contributed by atoms with Crippen LogP contribution in [0.3, 0.4) is 0 Å². The van der Waals surface area contributed by atoms with Crippen molar-refractivity contribution in [2.24, 2.45) is 0 Å². The topological polar surface area (TPSA) is 32.7 Å². The van der Waals surface area contributed by atoms with Gasteiger partial charge in [0.15, 0.2) is 0 Å². The van der Waals surface area contributed by atoms with Crippen molar-refractivity contribution in [2.45, 2.75) is 43.6 Å². The van der Waals surface area contributed by atoms with Crippen molar-refractivity contribution in [1.29, 1.82) is 0 Å². The van der Waals surface area contributed by atoms with Gasteiger partial charge in [-0.25, -0.2) is 0 Å². The molecular weight excluding hydrogens is 286 g/mol. The van der Waals surface area contributed by atoms with E-state index in [1.165, 1.54) is 12.0 Å². The van der Waals surface area contributed by atoms with E-state index in [0.29, 0.717) is 0 Å². The third-order valence-electron chi connectivity index (χ3n) is 4.43. The predicted molar refractivity (Wildman–Crippen MR) is 89.6 cm³/mol. The third-order valence-corrected chi connectivity index (χ3v) is 4.43. The van der Waals surface area contributed by atoms with Crippen LogP contribution in [0.4, 0.5) is 0 Å². The minimum absolute atomic E-state index is 0. The lowest BCUT2D eigenvalue weighted by atomic mass is 9.72. The highest BCUT2D eigenvalue weighted by Gasteiger charge is 2.38. The minimum Gasteiger partial charge on any atom is -0.497 e. The van der Waals surface area contributed by atoms with Crippen LogP contribution in [-0.2, 0) is 0 Å². The first-order chi connectivity index (χ1) is 9.55. The number of hydrogen-bond acceptors (Lipinski definition) is 3. The second-order valence-electron chi connectivity index (χ2n) is 6.25. The van der Waals surface area contributed by atoms with Crippen LogP contribution in [0.5, 0.6) is 5.75 Å². The van der Waals surface area contributed by atoms with E-state index in [1.54, 1.807) is 7.11 Å². The minimum atomic E-state index is -0.558. The molecule has 0 spiro atoms. The zero-order chi connectivity index (χ0) is 14.6. The van der Waals surface area contributed by atoms with Crippen LogP contribution < -0.4 is 4.74 Å². The second kappa shape index (κ2) is 8.02. The molecule has 1 fully saturated rings. The van der Waals surface area contributed by atoms with Crippen molar-refractivity contribution in [3.8, 4) is 5.75 Å². The number of ether oxygens (including phenoxy) is 1. The summed E-state index contributed by atoms with van der Waals surface area (Å²) in [5.74, 6) is 1.04. The molecule has 1 atom stereocenters. The Kier molecular flexibility index (Phi) is 6.98. The number of halogens is 1. The molecule has 0 saturated heterocycles. The maximum absolute atomic E-state index is 11.1. The van der Waals surface area contributed by atoms with Crippen LogP contribution in [-0.4, -0.2) is 43.4 Å². The lowest BCUT2D eigenvalue weighted by Gasteiger charge is -2.40. The zero-order valence-corrected chi connectivity index (χ0v) is 14.2. The van der Waals surface area contributed by atoms with Crippen molar-refractivity contribution >= 4 is 12.4 Å². The van der Waals surface area contributed by atoms with Gasteiger partial charge in [0.25, 0.3) is 0 Å². The fraction of sp³-hybridized carbons (Fsp3) is 0.647. The molecule has 4 heteroatoms.